The Kier molecular flexibility index (Phi) is 1.60. The summed E-state index contributed by atoms with van der Waals surface area (Å²) < 4.78 is 0. The Morgan fingerprint density at radius 1 is 1.27 bits per heavy atom. The van der Waals surface area contributed by atoms with Crippen LogP contribution in [0.5, 0.6) is 0 Å². The fraction of sp³-hybridized carbons (Fsp3) is 0.875. The van der Waals surface area contributed by atoms with E-state index in [4.69, 9.17) is 5.11 Å². The van der Waals surface area contributed by atoms with Crippen LogP contribution in [-0.4, -0.2) is 23.2 Å². The molecule has 0 aromatic heterocycles. The average Bonchev–Trinajstić information content (AvgIpc) is 2.06. The van der Waals surface area contributed by atoms with Crippen LogP contribution in [0.2, 0.25) is 0 Å². The minimum Gasteiger partial charge on any atom is -0.480 e. The first-order chi connectivity index (χ1) is 5.27. The van der Waals surface area contributed by atoms with E-state index in [1.54, 1.807) is 0 Å². The highest BCUT2D eigenvalue weighted by atomic mass is 16.4. The van der Waals surface area contributed by atoms with Gasteiger partial charge in [0.15, 0.2) is 0 Å². The molecule has 2 bridgehead atoms. The van der Waals surface area contributed by atoms with Gasteiger partial charge in [-0.05, 0) is 31.6 Å². The fourth-order valence-corrected chi connectivity index (χ4v) is 2.28. The molecule has 3 nitrogen and oxygen atoms in total. The van der Waals surface area contributed by atoms with Crippen molar-refractivity contribution in [1.82, 2.24) is 5.32 Å². The molecule has 0 aromatic carbocycles. The maximum Gasteiger partial charge on any atom is 0.320 e. The lowest BCUT2D eigenvalue weighted by molar-refractivity contribution is -0.143. The monoisotopic (exact) mass is 155 g/mol. The molecule has 2 heterocycles. The van der Waals surface area contributed by atoms with E-state index in [9.17, 15) is 4.79 Å². The van der Waals surface area contributed by atoms with Crippen molar-refractivity contribution in [2.75, 3.05) is 0 Å². The smallest absolute Gasteiger partial charge is 0.320 e. The van der Waals surface area contributed by atoms with E-state index in [-0.39, 0.29) is 6.04 Å². The van der Waals surface area contributed by atoms with E-state index < -0.39 is 5.97 Å². The zero-order valence-electron chi connectivity index (χ0n) is 6.42. The molecule has 0 amide bonds. The fourth-order valence-electron chi connectivity index (χ4n) is 2.28. The number of carboxylic acid groups (broad SMARTS) is 1. The molecule has 3 aliphatic rings. The second kappa shape index (κ2) is 2.48. The summed E-state index contributed by atoms with van der Waals surface area (Å²) >= 11 is 0. The number of fused-ring (bicyclic) bond motifs is 3. The maximum absolute atomic E-state index is 10.7. The summed E-state index contributed by atoms with van der Waals surface area (Å²) in [6.45, 7) is 0. The highest BCUT2D eigenvalue weighted by Gasteiger charge is 2.38. The zero-order valence-corrected chi connectivity index (χ0v) is 6.42. The number of carbonyl (C=O) groups is 1. The van der Waals surface area contributed by atoms with Crippen molar-refractivity contribution in [1.29, 1.82) is 0 Å². The molecule has 1 aliphatic carbocycles. The van der Waals surface area contributed by atoms with Crippen LogP contribution < -0.4 is 5.32 Å². The summed E-state index contributed by atoms with van der Waals surface area (Å²) in [6, 6.07) is 0.239. The summed E-state index contributed by atoms with van der Waals surface area (Å²) in [6.07, 6.45) is 4.56. The predicted molar refractivity (Wildman–Crippen MR) is 40.3 cm³/mol. The highest BCUT2D eigenvalue weighted by Crippen LogP contribution is 2.32. The van der Waals surface area contributed by atoms with Gasteiger partial charge in [0, 0.05) is 6.04 Å². The van der Waals surface area contributed by atoms with Crippen LogP contribution in [-0.2, 0) is 4.79 Å². The topological polar surface area (TPSA) is 49.3 Å². The first-order valence-electron chi connectivity index (χ1n) is 4.26. The average molecular weight is 155 g/mol. The Morgan fingerprint density at radius 2 is 1.91 bits per heavy atom. The third-order valence-corrected chi connectivity index (χ3v) is 2.92. The van der Waals surface area contributed by atoms with E-state index in [1.807, 2.05) is 0 Å². The number of aliphatic carboxylic acids is 1. The number of hydrogen-bond donors (Lipinski definition) is 2. The molecule has 3 rings (SSSR count). The summed E-state index contributed by atoms with van der Waals surface area (Å²) in [4.78, 5) is 10.7. The lowest BCUT2D eigenvalue weighted by Crippen LogP contribution is -2.55. The van der Waals surface area contributed by atoms with Gasteiger partial charge in [-0.2, -0.15) is 0 Å². The molecule has 0 unspecified atom stereocenters. The van der Waals surface area contributed by atoms with Crippen LogP contribution in [0.3, 0.4) is 0 Å². The Morgan fingerprint density at radius 3 is 2.18 bits per heavy atom. The Hall–Kier alpha value is -0.570. The number of nitrogens with one attached hydrogen (secondary N) is 1. The van der Waals surface area contributed by atoms with Crippen LogP contribution in [0.15, 0.2) is 0 Å². The van der Waals surface area contributed by atoms with Crippen molar-refractivity contribution in [3.8, 4) is 0 Å². The van der Waals surface area contributed by atoms with Gasteiger partial charge < -0.3 is 10.4 Å². The van der Waals surface area contributed by atoms with Crippen LogP contribution in [0, 0.1) is 5.92 Å². The number of carboxylic acids is 1. The zero-order chi connectivity index (χ0) is 7.84. The molecule has 2 aliphatic heterocycles. The molecular formula is C8H13NO2. The third kappa shape index (κ3) is 1.13. The molecule has 3 heteroatoms. The summed E-state index contributed by atoms with van der Waals surface area (Å²) in [5.74, 6) is -0.267. The van der Waals surface area contributed by atoms with Crippen LogP contribution in [0.4, 0.5) is 0 Å². The van der Waals surface area contributed by atoms with Gasteiger partial charge in [0.05, 0.1) is 0 Å². The van der Waals surface area contributed by atoms with Gasteiger partial charge in [-0.25, -0.2) is 0 Å². The lowest BCUT2D eigenvalue weighted by atomic mass is 9.76. The molecule has 3 fully saturated rings. The first kappa shape index (κ1) is 7.10. The van der Waals surface area contributed by atoms with Crippen LogP contribution >= 0.6 is 0 Å². The minimum absolute atomic E-state index is 0.248. The standard InChI is InChI=1S/C8H13NO2/c10-8(11)7-5-1-3-6(9-7)4-2-5/h5-7,9H,1-4H2,(H,10,11)/t5?,6?,7-/m1/s1. The lowest BCUT2D eigenvalue weighted by Gasteiger charge is -2.41. The van der Waals surface area contributed by atoms with Crippen LogP contribution in [0.25, 0.3) is 0 Å². The summed E-state index contributed by atoms with van der Waals surface area (Å²) in [7, 11) is 0. The van der Waals surface area contributed by atoms with Gasteiger partial charge in [0.25, 0.3) is 0 Å². The van der Waals surface area contributed by atoms with Crippen molar-refractivity contribution < 1.29 is 9.90 Å². The second-order valence-electron chi connectivity index (χ2n) is 3.59. The molecular weight excluding hydrogens is 142 g/mol. The number of piperidine rings is 2. The van der Waals surface area contributed by atoms with E-state index in [1.165, 1.54) is 12.8 Å². The summed E-state index contributed by atoms with van der Waals surface area (Å²) in [5.41, 5.74) is 0. The Balaban J connectivity index is 2.08. The van der Waals surface area contributed by atoms with E-state index in [0.717, 1.165) is 12.8 Å². The predicted octanol–water partition coefficient (Wildman–Crippen LogP) is 0.602. The normalized spacial score (nSPS) is 42.4. The van der Waals surface area contributed by atoms with Gasteiger partial charge in [-0.3, -0.25) is 4.79 Å². The van der Waals surface area contributed by atoms with Crippen molar-refractivity contribution in [2.45, 2.75) is 37.8 Å². The Bertz CT molecular complexity index is 173. The van der Waals surface area contributed by atoms with Gasteiger partial charge in [-0.15, -0.1) is 0 Å². The first-order valence-corrected chi connectivity index (χ1v) is 4.26. The van der Waals surface area contributed by atoms with Crippen molar-refractivity contribution in [2.24, 2.45) is 5.92 Å². The van der Waals surface area contributed by atoms with Crippen molar-refractivity contribution >= 4 is 5.97 Å². The third-order valence-electron chi connectivity index (χ3n) is 2.92. The molecule has 11 heavy (non-hydrogen) atoms. The summed E-state index contributed by atoms with van der Waals surface area (Å²) in [5, 5.41) is 12.0. The minimum atomic E-state index is -0.667. The van der Waals surface area contributed by atoms with Gasteiger partial charge in [0.1, 0.15) is 6.04 Å². The Labute approximate surface area is 65.8 Å². The molecule has 0 spiro atoms. The van der Waals surface area contributed by atoms with Gasteiger partial charge in [0.2, 0.25) is 0 Å². The van der Waals surface area contributed by atoms with E-state index >= 15 is 0 Å². The number of rotatable bonds is 1. The second-order valence-corrected chi connectivity index (χ2v) is 3.59. The quantitative estimate of drug-likeness (QED) is 0.583. The maximum atomic E-state index is 10.7. The highest BCUT2D eigenvalue weighted by molar-refractivity contribution is 5.74. The van der Waals surface area contributed by atoms with E-state index in [0.29, 0.717) is 12.0 Å². The molecule has 1 saturated carbocycles. The van der Waals surface area contributed by atoms with E-state index in [2.05, 4.69) is 5.32 Å². The SMILES string of the molecule is O=C(O)[C@@H]1NC2CCC1CC2. The van der Waals surface area contributed by atoms with Crippen molar-refractivity contribution in [3.05, 3.63) is 0 Å². The van der Waals surface area contributed by atoms with Gasteiger partial charge in [-0.1, -0.05) is 0 Å². The van der Waals surface area contributed by atoms with Gasteiger partial charge >= 0.3 is 5.97 Å². The molecule has 0 aromatic rings. The largest absolute Gasteiger partial charge is 0.480 e. The van der Waals surface area contributed by atoms with Crippen LogP contribution in [0.1, 0.15) is 25.7 Å². The molecule has 0 radical (unpaired) electrons. The number of hydrogen-bond acceptors (Lipinski definition) is 2. The molecule has 2 saturated heterocycles. The molecule has 62 valence electrons. The molecule has 1 atom stereocenters. The molecule has 2 N–H and O–H groups in total. The van der Waals surface area contributed by atoms with Crippen molar-refractivity contribution in [3.63, 3.8) is 0 Å².